The molecule has 4 nitrogen and oxygen atoms in total. The van der Waals surface area contributed by atoms with Gasteiger partial charge < -0.3 is 10.2 Å². The number of fused-ring (bicyclic) bond motifs is 1. The summed E-state index contributed by atoms with van der Waals surface area (Å²) in [4.78, 5) is 5.60. The van der Waals surface area contributed by atoms with Gasteiger partial charge in [-0.2, -0.15) is 13.2 Å². The number of hydrogen-bond acceptors (Lipinski definition) is 4. The number of phenols is 2. The van der Waals surface area contributed by atoms with Gasteiger partial charge in [0.05, 0.1) is 18.3 Å². The van der Waals surface area contributed by atoms with Crippen molar-refractivity contribution in [3.63, 3.8) is 0 Å². The molecule has 3 rings (SSSR count). The van der Waals surface area contributed by atoms with Gasteiger partial charge in [-0.25, -0.2) is 0 Å². The van der Waals surface area contributed by atoms with E-state index in [-0.39, 0.29) is 11.5 Å². The number of benzene rings is 1. The minimum absolute atomic E-state index is 0.280. The Hall–Kier alpha value is -1.80. The summed E-state index contributed by atoms with van der Waals surface area (Å²) in [6.45, 7) is 0.627. The number of hydrogen-bond donors (Lipinski definition) is 2. The Morgan fingerprint density at radius 1 is 1.24 bits per heavy atom. The first kappa shape index (κ1) is 18.0. The van der Waals surface area contributed by atoms with Crippen LogP contribution in [0.25, 0.3) is 0 Å². The first-order valence-corrected chi connectivity index (χ1v) is 8.43. The standard InChI is InChI=1S/C17H16BrF3N2O2/c1-9-4-10-5-14(24)15(25)6-12(10)16(23(9)8-17(19,20)21)13-3-2-11(18)7-22-13/h2-3,5-7,9,16,24-25H,4,8H2,1H3/t9-,16+/m1/s1. The molecule has 1 aromatic heterocycles. The van der Waals surface area contributed by atoms with Gasteiger partial charge >= 0.3 is 6.18 Å². The highest BCUT2D eigenvalue weighted by molar-refractivity contribution is 9.10. The van der Waals surface area contributed by atoms with Crippen LogP contribution in [0.5, 0.6) is 11.5 Å². The largest absolute Gasteiger partial charge is 0.504 e. The predicted octanol–water partition coefficient (Wildman–Crippen LogP) is 4.15. The van der Waals surface area contributed by atoms with Crippen molar-refractivity contribution in [2.24, 2.45) is 0 Å². The fourth-order valence-electron chi connectivity index (χ4n) is 3.27. The smallest absolute Gasteiger partial charge is 0.401 e. The molecule has 25 heavy (non-hydrogen) atoms. The van der Waals surface area contributed by atoms with E-state index in [1.807, 2.05) is 0 Å². The Kier molecular flexibility index (Phi) is 4.68. The topological polar surface area (TPSA) is 56.6 Å². The van der Waals surface area contributed by atoms with Crippen molar-refractivity contribution in [1.82, 2.24) is 9.88 Å². The molecular formula is C17H16BrF3N2O2. The van der Waals surface area contributed by atoms with Crippen LogP contribution in [0.1, 0.15) is 29.8 Å². The molecule has 2 heterocycles. The van der Waals surface area contributed by atoms with E-state index in [0.29, 0.717) is 23.2 Å². The monoisotopic (exact) mass is 416 g/mol. The lowest BCUT2D eigenvalue weighted by Gasteiger charge is -2.42. The molecule has 1 aromatic carbocycles. The van der Waals surface area contributed by atoms with E-state index in [9.17, 15) is 23.4 Å². The van der Waals surface area contributed by atoms with Crippen LogP contribution in [0, 0.1) is 0 Å². The van der Waals surface area contributed by atoms with E-state index >= 15 is 0 Å². The second-order valence-electron chi connectivity index (χ2n) is 6.18. The van der Waals surface area contributed by atoms with Gasteiger partial charge in [-0.05, 0) is 64.7 Å². The molecule has 0 fully saturated rings. The van der Waals surface area contributed by atoms with E-state index in [2.05, 4.69) is 20.9 Å². The van der Waals surface area contributed by atoms with E-state index in [4.69, 9.17) is 0 Å². The molecular weight excluding hydrogens is 401 g/mol. The van der Waals surface area contributed by atoms with E-state index in [1.165, 1.54) is 23.2 Å². The molecule has 1 aliphatic rings. The molecule has 0 unspecified atom stereocenters. The van der Waals surface area contributed by atoms with Gasteiger partial charge in [-0.1, -0.05) is 0 Å². The van der Waals surface area contributed by atoms with Crippen molar-refractivity contribution < 1.29 is 23.4 Å². The summed E-state index contributed by atoms with van der Waals surface area (Å²) in [6, 6.07) is 4.94. The van der Waals surface area contributed by atoms with Crippen LogP contribution in [0.15, 0.2) is 34.9 Å². The zero-order valence-electron chi connectivity index (χ0n) is 13.3. The Morgan fingerprint density at radius 3 is 2.52 bits per heavy atom. The molecule has 0 amide bonds. The molecule has 2 atom stereocenters. The van der Waals surface area contributed by atoms with Gasteiger partial charge in [-0.3, -0.25) is 9.88 Å². The number of nitrogens with zero attached hydrogens (tertiary/aromatic N) is 2. The summed E-state index contributed by atoms with van der Waals surface area (Å²) in [5.74, 6) is -0.639. The third-order valence-corrected chi connectivity index (χ3v) is 4.81. The van der Waals surface area contributed by atoms with E-state index in [0.717, 1.165) is 4.47 Å². The SMILES string of the molecule is C[C@@H]1Cc2cc(O)c(O)cc2[C@@H](c2ccc(Br)cn2)N1CC(F)(F)F. The Labute approximate surface area is 151 Å². The maximum absolute atomic E-state index is 13.1. The van der Waals surface area contributed by atoms with Crippen LogP contribution < -0.4 is 0 Å². The quantitative estimate of drug-likeness (QED) is 0.721. The number of phenolic OH excluding ortho intramolecular Hbond substituents is 2. The second kappa shape index (κ2) is 6.49. The fourth-order valence-corrected chi connectivity index (χ4v) is 3.50. The highest BCUT2D eigenvalue weighted by Gasteiger charge is 2.41. The lowest BCUT2D eigenvalue weighted by molar-refractivity contribution is -0.155. The lowest BCUT2D eigenvalue weighted by Crippen LogP contribution is -2.47. The summed E-state index contributed by atoms with van der Waals surface area (Å²) >= 11 is 3.27. The van der Waals surface area contributed by atoms with E-state index in [1.54, 1.807) is 19.1 Å². The zero-order valence-corrected chi connectivity index (χ0v) is 14.8. The van der Waals surface area contributed by atoms with Crippen LogP contribution in [0.2, 0.25) is 0 Å². The van der Waals surface area contributed by atoms with Crippen molar-refractivity contribution in [2.45, 2.75) is 31.6 Å². The average molecular weight is 417 g/mol. The molecule has 0 saturated carbocycles. The van der Waals surface area contributed by atoms with E-state index < -0.39 is 24.8 Å². The maximum Gasteiger partial charge on any atom is 0.401 e. The normalized spacial score (nSPS) is 21.2. The van der Waals surface area contributed by atoms with Crippen molar-refractivity contribution >= 4 is 15.9 Å². The summed E-state index contributed by atoms with van der Waals surface area (Å²) in [7, 11) is 0. The van der Waals surface area contributed by atoms with Gasteiger partial charge in [0.25, 0.3) is 0 Å². The Morgan fingerprint density at radius 2 is 1.92 bits per heavy atom. The Bertz CT molecular complexity index is 781. The Balaban J connectivity index is 2.15. The fraction of sp³-hybridized carbons (Fsp3) is 0.353. The van der Waals surface area contributed by atoms with Crippen LogP contribution in [-0.2, 0) is 6.42 Å². The summed E-state index contributed by atoms with van der Waals surface area (Å²) < 4.78 is 40.1. The van der Waals surface area contributed by atoms with Crippen molar-refractivity contribution in [2.75, 3.05) is 6.54 Å². The first-order valence-electron chi connectivity index (χ1n) is 7.64. The van der Waals surface area contributed by atoms with Crippen molar-refractivity contribution in [1.29, 1.82) is 0 Å². The minimum Gasteiger partial charge on any atom is -0.504 e. The van der Waals surface area contributed by atoms with Crippen LogP contribution in [-0.4, -0.2) is 38.9 Å². The van der Waals surface area contributed by atoms with Crippen LogP contribution in [0.4, 0.5) is 13.2 Å². The molecule has 134 valence electrons. The number of halogens is 4. The number of rotatable bonds is 2. The summed E-state index contributed by atoms with van der Waals surface area (Å²) in [5.41, 5.74) is 1.67. The minimum atomic E-state index is -4.36. The molecule has 0 saturated heterocycles. The first-order chi connectivity index (χ1) is 11.7. The van der Waals surface area contributed by atoms with Gasteiger partial charge in [-0.15, -0.1) is 0 Å². The lowest BCUT2D eigenvalue weighted by atomic mass is 9.86. The summed E-state index contributed by atoms with van der Waals surface area (Å²) in [5, 5.41) is 19.6. The molecule has 0 radical (unpaired) electrons. The molecule has 0 spiro atoms. The molecule has 2 aromatic rings. The number of aromatic nitrogens is 1. The molecule has 8 heteroatoms. The number of pyridine rings is 1. The predicted molar refractivity (Wildman–Crippen MR) is 89.5 cm³/mol. The van der Waals surface area contributed by atoms with Crippen LogP contribution in [0.3, 0.4) is 0 Å². The molecule has 0 bridgehead atoms. The van der Waals surface area contributed by atoms with Gasteiger partial charge in [0, 0.05) is 16.7 Å². The molecule has 1 aliphatic heterocycles. The number of aromatic hydroxyl groups is 2. The highest BCUT2D eigenvalue weighted by Crippen LogP contribution is 2.42. The van der Waals surface area contributed by atoms with Gasteiger partial charge in [0.2, 0.25) is 0 Å². The van der Waals surface area contributed by atoms with Gasteiger partial charge in [0.1, 0.15) is 0 Å². The molecule has 0 aliphatic carbocycles. The average Bonchev–Trinajstić information content (AvgIpc) is 2.50. The van der Waals surface area contributed by atoms with Crippen molar-refractivity contribution in [3.05, 3.63) is 51.8 Å². The van der Waals surface area contributed by atoms with Gasteiger partial charge in [0.15, 0.2) is 11.5 Å². The summed E-state index contributed by atoms with van der Waals surface area (Å²) in [6.07, 6.45) is -2.50. The third kappa shape index (κ3) is 3.74. The molecule has 2 N–H and O–H groups in total. The maximum atomic E-state index is 13.1. The van der Waals surface area contributed by atoms with Crippen molar-refractivity contribution in [3.8, 4) is 11.5 Å². The second-order valence-corrected chi connectivity index (χ2v) is 7.10. The third-order valence-electron chi connectivity index (χ3n) is 4.34. The van der Waals surface area contributed by atoms with Crippen LogP contribution >= 0.6 is 15.9 Å². The number of alkyl halides is 3. The highest BCUT2D eigenvalue weighted by atomic mass is 79.9. The zero-order chi connectivity index (χ0) is 18.4.